The summed E-state index contributed by atoms with van der Waals surface area (Å²) in [5, 5.41) is 0.334. The predicted octanol–water partition coefficient (Wildman–Crippen LogP) is 5.16. The molecule has 0 saturated carbocycles. The number of ether oxygens (including phenoxy) is 1. The zero-order chi connectivity index (χ0) is 22.6. The lowest BCUT2D eigenvalue weighted by Gasteiger charge is -2.29. The summed E-state index contributed by atoms with van der Waals surface area (Å²) in [5.41, 5.74) is 0.706. The van der Waals surface area contributed by atoms with Crippen molar-refractivity contribution in [2.45, 2.75) is 45.2 Å². The first-order valence-electron chi connectivity index (χ1n) is 9.33. The molecule has 2 aromatic carbocycles. The van der Waals surface area contributed by atoms with Crippen molar-refractivity contribution < 1.29 is 22.1 Å². The first kappa shape index (κ1) is 24.3. The molecule has 0 N–H and O–H groups in total. The van der Waals surface area contributed by atoms with Gasteiger partial charge >= 0.3 is 10.1 Å². The molecule has 0 radical (unpaired) electrons. The van der Waals surface area contributed by atoms with Crippen molar-refractivity contribution in [2.75, 3.05) is 7.11 Å². The number of carbonyl (C=O) groups excluding carboxylic acids is 1. The quantitative estimate of drug-likeness (QED) is 0.494. The minimum absolute atomic E-state index is 0.00622. The Hall–Kier alpha value is -1.96. The van der Waals surface area contributed by atoms with Gasteiger partial charge < -0.3 is 13.8 Å². The summed E-state index contributed by atoms with van der Waals surface area (Å²) < 4.78 is 36.0. The van der Waals surface area contributed by atoms with E-state index in [1.165, 1.54) is 25.3 Å². The highest BCUT2D eigenvalue weighted by atomic mass is 35.5. The predicted molar refractivity (Wildman–Crippen MR) is 118 cm³/mol. The van der Waals surface area contributed by atoms with Gasteiger partial charge in [0.15, 0.2) is 11.5 Å². The van der Waals surface area contributed by atoms with E-state index in [-0.39, 0.29) is 44.3 Å². The maximum absolute atomic E-state index is 12.7. The summed E-state index contributed by atoms with van der Waals surface area (Å²) in [7, 11) is -2.77. The Bertz CT molecular complexity index is 1020. The molecule has 164 valence electrons. The summed E-state index contributed by atoms with van der Waals surface area (Å²) in [6.07, 6.45) is 0. The molecule has 1 amide bonds. The Morgan fingerprint density at radius 2 is 1.67 bits per heavy atom. The van der Waals surface area contributed by atoms with E-state index >= 15 is 0 Å². The fraction of sp³-hybridized carbons (Fsp3) is 0.381. The third kappa shape index (κ3) is 5.80. The van der Waals surface area contributed by atoms with Crippen molar-refractivity contribution >= 4 is 39.2 Å². The summed E-state index contributed by atoms with van der Waals surface area (Å²) in [6, 6.07) is 8.81. The van der Waals surface area contributed by atoms with Crippen LogP contribution in [0.1, 0.15) is 33.3 Å². The molecule has 0 aliphatic heterocycles. The summed E-state index contributed by atoms with van der Waals surface area (Å²) >= 11 is 11.8. The number of benzene rings is 2. The molecule has 0 aromatic heterocycles. The molecule has 2 aromatic rings. The number of amides is 1. The van der Waals surface area contributed by atoms with Crippen LogP contribution in [0, 0.1) is 5.92 Å². The van der Waals surface area contributed by atoms with Crippen LogP contribution in [0.15, 0.2) is 41.3 Å². The van der Waals surface area contributed by atoms with E-state index in [0.29, 0.717) is 12.1 Å². The molecule has 30 heavy (non-hydrogen) atoms. The minimum atomic E-state index is -4.18. The summed E-state index contributed by atoms with van der Waals surface area (Å²) in [5.74, 6) is 0.110. The van der Waals surface area contributed by atoms with Crippen molar-refractivity contribution in [3.8, 4) is 11.5 Å². The minimum Gasteiger partial charge on any atom is -0.493 e. The topological polar surface area (TPSA) is 72.9 Å². The molecule has 0 aliphatic rings. The number of carbonyl (C=O) groups is 1. The Morgan fingerprint density at radius 3 is 2.20 bits per heavy atom. The normalized spacial score (nSPS) is 11.6. The van der Waals surface area contributed by atoms with Gasteiger partial charge in [-0.1, -0.05) is 43.1 Å². The molecule has 9 heteroatoms. The molecular formula is C21H25Cl2NO5S. The number of hydrogen-bond donors (Lipinski definition) is 0. The largest absolute Gasteiger partial charge is 0.493 e. The lowest BCUT2D eigenvalue weighted by atomic mass is 10.1. The molecule has 0 aliphatic carbocycles. The number of rotatable bonds is 8. The fourth-order valence-corrected chi connectivity index (χ4v) is 4.05. The Morgan fingerprint density at radius 1 is 1.00 bits per heavy atom. The van der Waals surface area contributed by atoms with Crippen molar-refractivity contribution in [1.82, 2.24) is 4.90 Å². The van der Waals surface area contributed by atoms with Gasteiger partial charge in [0.05, 0.1) is 17.2 Å². The van der Waals surface area contributed by atoms with Crippen LogP contribution in [0.3, 0.4) is 0 Å². The Balaban J connectivity index is 2.38. The maximum atomic E-state index is 12.7. The van der Waals surface area contributed by atoms with Crippen LogP contribution in [0.5, 0.6) is 11.5 Å². The standard InChI is InChI=1S/C21H25Cl2NO5S/c1-13(2)21(25)24(14(3)4)12-15-6-9-19(28-5)20(10-15)29-30(26,27)16-7-8-17(22)18(23)11-16/h6-11,13-14H,12H2,1-5H3. The highest BCUT2D eigenvalue weighted by Crippen LogP contribution is 2.33. The molecule has 0 unspecified atom stereocenters. The number of hydrogen-bond acceptors (Lipinski definition) is 5. The number of halogens is 2. The third-order valence-corrected chi connectivity index (χ3v) is 6.33. The first-order chi connectivity index (χ1) is 14.0. The molecule has 0 fully saturated rings. The summed E-state index contributed by atoms with van der Waals surface area (Å²) in [6.45, 7) is 7.84. The van der Waals surface area contributed by atoms with Gasteiger partial charge in [0.25, 0.3) is 0 Å². The molecule has 0 atom stereocenters. The van der Waals surface area contributed by atoms with E-state index in [0.717, 1.165) is 0 Å². The van der Waals surface area contributed by atoms with E-state index in [9.17, 15) is 13.2 Å². The Labute approximate surface area is 187 Å². The van der Waals surface area contributed by atoms with Crippen LogP contribution in [0.4, 0.5) is 0 Å². The van der Waals surface area contributed by atoms with Gasteiger partial charge in [0.2, 0.25) is 5.91 Å². The molecular weight excluding hydrogens is 449 g/mol. The van der Waals surface area contributed by atoms with Gasteiger partial charge in [-0.05, 0) is 49.7 Å². The smallest absolute Gasteiger partial charge is 0.339 e. The third-order valence-electron chi connectivity index (χ3n) is 4.36. The molecule has 0 bridgehead atoms. The molecule has 2 rings (SSSR count). The van der Waals surface area contributed by atoms with Gasteiger partial charge in [-0.15, -0.1) is 0 Å². The highest BCUT2D eigenvalue weighted by molar-refractivity contribution is 7.87. The van der Waals surface area contributed by atoms with Crippen molar-refractivity contribution in [3.05, 3.63) is 52.0 Å². The highest BCUT2D eigenvalue weighted by Gasteiger charge is 2.23. The Kier molecular flexibility index (Phi) is 8.02. The van der Waals surface area contributed by atoms with E-state index in [4.69, 9.17) is 32.1 Å². The van der Waals surface area contributed by atoms with Crippen molar-refractivity contribution in [3.63, 3.8) is 0 Å². The van der Waals surface area contributed by atoms with Crippen LogP contribution in [-0.2, 0) is 21.5 Å². The maximum Gasteiger partial charge on any atom is 0.339 e. The van der Waals surface area contributed by atoms with E-state index in [2.05, 4.69) is 0 Å². The second-order valence-electron chi connectivity index (χ2n) is 7.31. The summed E-state index contributed by atoms with van der Waals surface area (Å²) in [4.78, 5) is 14.1. The van der Waals surface area contributed by atoms with Crippen LogP contribution in [0.2, 0.25) is 10.0 Å². The second kappa shape index (κ2) is 9.90. The van der Waals surface area contributed by atoms with E-state index < -0.39 is 10.1 Å². The van der Waals surface area contributed by atoms with Crippen molar-refractivity contribution in [1.29, 1.82) is 0 Å². The molecule has 0 heterocycles. The fourth-order valence-electron chi connectivity index (χ4n) is 2.73. The molecule has 0 spiro atoms. The van der Waals surface area contributed by atoms with Gasteiger partial charge in [-0.25, -0.2) is 0 Å². The SMILES string of the molecule is COc1ccc(CN(C(=O)C(C)C)C(C)C)cc1OS(=O)(=O)c1ccc(Cl)c(Cl)c1. The van der Waals surface area contributed by atoms with Crippen molar-refractivity contribution in [2.24, 2.45) is 5.92 Å². The van der Waals surface area contributed by atoms with Gasteiger partial charge in [-0.3, -0.25) is 4.79 Å². The van der Waals surface area contributed by atoms with Gasteiger partial charge in [0.1, 0.15) is 4.90 Å². The van der Waals surface area contributed by atoms with Gasteiger partial charge in [-0.2, -0.15) is 8.42 Å². The van der Waals surface area contributed by atoms with E-state index in [1.807, 2.05) is 27.7 Å². The van der Waals surface area contributed by atoms with Crippen LogP contribution < -0.4 is 8.92 Å². The van der Waals surface area contributed by atoms with Crippen LogP contribution >= 0.6 is 23.2 Å². The lowest BCUT2D eigenvalue weighted by Crippen LogP contribution is -2.38. The lowest BCUT2D eigenvalue weighted by molar-refractivity contribution is -0.136. The van der Waals surface area contributed by atoms with Gasteiger partial charge in [0, 0.05) is 18.5 Å². The number of nitrogens with zero attached hydrogens (tertiary/aromatic N) is 1. The zero-order valence-electron chi connectivity index (χ0n) is 17.5. The zero-order valence-corrected chi connectivity index (χ0v) is 19.8. The molecule has 0 saturated heterocycles. The van der Waals surface area contributed by atoms with Crippen LogP contribution in [0.25, 0.3) is 0 Å². The second-order valence-corrected chi connectivity index (χ2v) is 9.67. The average molecular weight is 474 g/mol. The number of methoxy groups -OCH3 is 1. The first-order valence-corrected chi connectivity index (χ1v) is 11.5. The average Bonchev–Trinajstić information content (AvgIpc) is 2.67. The monoisotopic (exact) mass is 473 g/mol. The van der Waals surface area contributed by atoms with E-state index in [1.54, 1.807) is 23.1 Å². The van der Waals surface area contributed by atoms with Crippen LogP contribution in [-0.4, -0.2) is 32.4 Å². The molecule has 6 nitrogen and oxygen atoms in total.